The van der Waals surface area contributed by atoms with E-state index in [0.717, 1.165) is 30.2 Å². The van der Waals surface area contributed by atoms with Crippen molar-refractivity contribution in [3.05, 3.63) is 66.7 Å². The maximum absolute atomic E-state index is 13.1. The first kappa shape index (κ1) is 24.2. The minimum Gasteiger partial charge on any atom is -0.491 e. The molecule has 3 aromatic rings. The summed E-state index contributed by atoms with van der Waals surface area (Å²) >= 11 is 0. The molecular formula is C26H30N2O5S. The Morgan fingerprint density at radius 2 is 1.85 bits per heavy atom. The van der Waals surface area contributed by atoms with E-state index in [1.165, 1.54) is 0 Å². The summed E-state index contributed by atoms with van der Waals surface area (Å²) in [6, 6.07) is 18.6. The highest BCUT2D eigenvalue weighted by atomic mass is 32.2. The number of ether oxygens (including phenoxy) is 2. The molecule has 1 fully saturated rings. The van der Waals surface area contributed by atoms with E-state index in [4.69, 9.17) is 9.47 Å². The molecule has 0 aliphatic carbocycles. The lowest BCUT2D eigenvalue weighted by Gasteiger charge is -2.22. The molecule has 0 spiro atoms. The Bertz CT molecular complexity index is 1250. The predicted octanol–water partition coefficient (Wildman–Crippen LogP) is 4.34. The van der Waals surface area contributed by atoms with E-state index in [0.29, 0.717) is 18.0 Å². The van der Waals surface area contributed by atoms with Gasteiger partial charge in [-0.2, -0.15) is 4.72 Å². The number of anilines is 1. The first-order valence-electron chi connectivity index (χ1n) is 11.5. The summed E-state index contributed by atoms with van der Waals surface area (Å²) < 4.78 is 40.1. The van der Waals surface area contributed by atoms with Crippen molar-refractivity contribution in [2.24, 2.45) is 5.92 Å². The van der Waals surface area contributed by atoms with Crippen molar-refractivity contribution in [2.75, 3.05) is 18.5 Å². The van der Waals surface area contributed by atoms with E-state index >= 15 is 0 Å². The molecule has 1 heterocycles. The summed E-state index contributed by atoms with van der Waals surface area (Å²) in [6.07, 6.45) is 2.10. The molecule has 1 aliphatic rings. The van der Waals surface area contributed by atoms with Crippen LogP contribution in [-0.2, 0) is 19.6 Å². The van der Waals surface area contributed by atoms with Crippen LogP contribution in [0.3, 0.4) is 0 Å². The third-order valence-corrected chi connectivity index (χ3v) is 7.26. The maximum atomic E-state index is 13.1. The Hall–Kier alpha value is -2.94. The smallest absolute Gasteiger partial charge is 0.242 e. The van der Waals surface area contributed by atoms with Gasteiger partial charge in [-0.3, -0.25) is 4.79 Å². The second-order valence-electron chi connectivity index (χ2n) is 8.82. The molecule has 1 saturated heterocycles. The molecule has 3 aromatic carbocycles. The number of carbonyl (C=O) groups is 1. The fourth-order valence-corrected chi connectivity index (χ4v) is 5.29. The second kappa shape index (κ2) is 10.5. The summed E-state index contributed by atoms with van der Waals surface area (Å²) in [5, 5.41) is 4.58. The van der Waals surface area contributed by atoms with Crippen molar-refractivity contribution in [3.63, 3.8) is 0 Å². The molecule has 0 radical (unpaired) electrons. The number of hydrogen-bond acceptors (Lipinski definition) is 5. The first-order chi connectivity index (χ1) is 16.3. The largest absolute Gasteiger partial charge is 0.491 e. The van der Waals surface area contributed by atoms with Gasteiger partial charge in [0.2, 0.25) is 15.9 Å². The number of carbonyl (C=O) groups excluding carboxylic acids is 1. The maximum Gasteiger partial charge on any atom is 0.242 e. The van der Waals surface area contributed by atoms with Crippen LogP contribution in [0.25, 0.3) is 10.8 Å². The van der Waals surface area contributed by atoms with E-state index in [1.54, 1.807) is 50.2 Å². The third-order valence-electron chi connectivity index (χ3n) is 5.82. The molecule has 4 rings (SSSR count). The predicted molar refractivity (Wildman–Crippen MR) is 132 cm³/mol. The zero-order valence-corrected chi connectivity index (χ0v) is 20.2. The minimum atomic E-state index is -3.91. The normalized spacial score (nSPS) is 17.1. The average molecular weight is 483 g/mol. The summed E-state index contributed by atoms with van der Waals surface area (Å²) in [6.45, 7) is 4.82. The average Bonchev–Trinajstić information content (AvgIpc) is 3.35. The van der Waals surface area contributed by atoms with Gasteiger partial charge in [0.25, 0.3) is 0 Å². The topological polar surface area (TPSA) is 93.7 Å². The van der Waals surface area contributed by atoms with Crippen LogP contribution in [0.2, 0.25) is 0 Å². The van der Waals surface area contributed by atoms with Gasteiger partial charge in [0.05, 0.1) is 11.0 Å². The lowest BCUT2D eigenvalue weighted by Crippen LogP contribution is -2.47. The minimum absolute atomic E-state index is 0.0908. The fourth-order valence-electron chi connectivity index (χ4n) is 3.91. The van der Waals surface area contributed by atoms with Crippen LogP contribution >= 0.6 is 0 Å². The van der Waals surface area contributed by atoms with Crippen LogP contribution in [0, 0.1) is 5.92 Å². The van der Waals surface area contributed by atoms with Crippen LogP contribution < -0.4 is 14.8 Å². The summed E-state index contributed by atoms with van der Waals surface area (Å²) in [5.41, 5.74) is 0.533. The Kier molecular flexibility index (Phi) is 7.50. The molecule has 2 atom stereocenters. The lowest BCUT2D eigenvalue weighted by molar-refractivity contribution is -0.118. The van der Waals surface area contributed by atoms with Gasteiger partial charge in [-0.25, -0.2) is 8.42 Å². The number of benzene rings is 3. The van der Waals surface area contributed by atoms with Gasteiger partial charge in [-0.15, -0.1) is 0 Å². The molecule has 1 amide bonds. The van der Waals surface area contributed by atoms with E-state index in [2.05, 4.69) is 10.0 Å². The van der Waals surface area contributed by atoms with E-state index in [-0.39, 0.29) is 16.9 Å². The van der Waals surface area contributed by atoms with Crippen LogP contribution in [0.15, 0.2) is 71.6 Å². The molecule has 180 valence electrons. The van der Waals surface area contributed by atoms with E-state index in [9.17, 15) is 13.2 Å². The Morgan fingerprint density at radius 1 is 1.06 bits per heavy atom. The monoisotopic (exact) mass is 482 g/mol. The highest BCUT2D eigenvalue weighted by Gasteiger charge is 2.28. The third kappa shape index (κ3) is 5.94. The zero-order chi connectivity index (χ0) is 24.1. The van der Waals surface area contributed by atoms with Crippen LogP contribution in [-0.4, -0.2) is 39.7 Å². The van der Waals surface area contributed by atoms with Crippen molar-refractivity contribution < 1.29 is 22.7 Å². The fraction of sp³-hybridized carbons (Fsp3) is 0.346. The number of hydrogen-bond donors (Lipinski definition) is 2. The number of nitrogens with one attached hydrogen (secondary N) is 2. The second-order valence-corrected chi connectivity index (χ2v) is 10.5. The van der Waals surface area contributed by atoms with Crippen molar-refractivity contribution in [2.45, 2.75) is 43.7 Å². The number of rotatable bonds is 9. The highest BCUT2D eigenvalue weighted by Crippen LogP contribution is 2.22. The SMILES string of the molecule is CC(C)[C@H](NS(=O)(=O)c1ccc2ccccc2c1)C(=O)Nc1cccc(OC[C@@H]2CCCO2)c1. The molecule has 1 aliphatic heterocycles. The van der Waals surface area contributed by atoms with Gasteiger partial charge in [0, 0.05) is 18.4 Å². The van der Waals surface area contributed by atoms with Gasteiger partial charge in [0.1, 0.15) is 18.4 Å². The van der Waals surface area contributed by atoms with Crippen molar-refractivity contribution >= 4 is 32.4 Å². The van der Waals surface area contributed by atoms with Crippen LogP contribution in [0.1, 0.15) is 26.7 Å². The van der Waals surface area contributed by atoms with Crippen LogP contribution in [0.5, 0.6) is 5.75 Å². The highest BCUT2D eigenvalue weighted by molar-refractivity contribution is 7.89. The van der Waals surface area contributed by atoms with Gasteiger partial charge in [-0.1, -0.05) is 50.2 Å². The van der Waals surface area contributed by atoms with Crippen molar-refractivity contribution in [1.29, 1.82) is 0 Å². The molecule has 7 nitrogen and oxygen atoms in total. The molecular weight excluding hydrogens is 452 g/mol. The molecule has 34 heavy (non-hydrogen) atoms. The van der Waals surface area contributed by atoms with Crippen LogP contribution in [0.4, 0.5) is 5.69 Å². The molecule has 0 aromatic heterocycles. The zero-order valence-electron chi connectivity index (χ0n) is 19.4. The van der Waals surface area contributed by atoms with Gasteiger partial charge < -0.3 is 14.8 Å². The number of amides is 1. The van der Waals surface area contributed by atoms with Crippen molar-refractivity contribution in [1.82, 2.24) is 4.72 Å². The Labute approximate surface area is 200 Å². The Morgan fingerprint density at radius 3 is 2.59 bits per heavy atom. The molecule has 0 unspecified atom stereocenters. The number of sulfonamides is 1. The lowest BCUT2D eigenvalue weighted by atomic mass is 10.0. The van der Waals surface area contributed by atoms with E-state index < -0.39 is 22.0 Å². The van der Waals surface area contributed by atoms with Gasteiger partial charge >= 0.3 is 0 Å². The molecule has 0 bridgehead atoms. The Balaban J connectivity index is 1.45. The summed E-state index contributed by atoms with van der Waals surface area (Å²) in [4.78, 5) is 13.2. The summed E-state index contributed by atoms with van der Waals surface area (Å²) in [7, 11) is -3.91. The number of fused-ring (bicyclic) bond motifs is 1. The molecule has 8 heteroatoms. The molecule has 2 N–H and O–H groups in total. The quantitative estimate of drug-likeness (QED) is 0.473. The van der Waals surface area contributed by atoms with E-state index in [1.807, 2.05) is 30.3 Å². The summed E-state index contributed by atoms with van der Waals surface area (Å²) in [5.74, 6) is -0.0871. The van der Waals surface area contributed by atoms with Gasteiger partial charge in [0.15, 0.2) is 0 Å². The first-order valence-corrected chi connectivity index (χ1v) is 13.0. The molecule has 0 saturated carbocycles. The van der Waals surface area contributed by atoms with Crippen molar-refractivity contribution in [3.8, 4) is 5.75 Å². The van der Waals surface area contributed by atoms with Gasteiger partial charge in [-0.05, 0) is 53.8 Å². The standard InChI is InChI=1S/C26H30N2O5S/c1-18(2)25(28-34(30,31)24-13-12-19-7-3-4-8-20(19)15-24)26(29)27-21-9-5-10-22(16-21)33-17-23-11-6-14-32-23/h3-5,7-10,12-13,15-16,18,23,25,28H,6,11,14,17H2,1-2H3,(H,27,29)/t23-,25-/m0/s1.